The van der Waals surface area contributed by atoms with E-state index in [0.29, 0.717) is 28.1 Å². The highest BCUT2D eigenvalue weighted by molar-refractivity contribution is 7.99. The lowest BCUT2D eigenvalue weighted by Crippen LogP contribution is -2.14. The lowest BCUT2D eigenvalue weighted by molar-refractivity contribution is -0.113. The molecule has 0 fully saturated rings. The number of rotatable bonds is 7. The summed E-state index contributed by atoms with van der Waals surface area (Å²) in [4.78, 5) is 12.6. The van der Waals surface area contributed by atoms with Crippen LogP contribution in [0.5, 0.6) is 11.5 Å². The number of nitrogens with zero attached hydrogens (tertiary/aromatic N) is 2. The third kappa shape index (κ3) is 4.22. The van der Waals surface area contributed by atoms with E-state index in [-0.39, 0.29) is 11.7 Å². The van der Waals surface area contributed by atoms with Crippen LogP contribution in [0.4, 0.5) is 5.69 Å². The summed E-state index contributed by atoms with van der Waals surface area (Å²) in [6, 6.07) is 18.7. The van der Waals surface area contributed by atoms with Gasteiger partial charge in [-0.15, -0.1) is 10.2 Å². The van der Waals surface area contributed by atoms with Gasteiger partial charge in [0.05, 0.1) is 25.7 Å². The van der Waals surface area contributed by atoms with E-state index >= 15 is 0 Å². The smallest absolute Gasteiger partial charge is 0.277 e. The minimum Gasteiger partial charge on any atom is -0.497 e. The Hall–Kier alpha value is -3.98. The molecule has 0 bridgehead atoms. The highest BCUT2D eigenvalue weighted by Gasteiger charge is 2.16. The molecule has 8 nitrogen and oxygen atoms in total. The van der Waals surface area contributed by atoms with Crippen molar-refractivity contribution in [3.8, 4) is 23.0 Å². The molecule has 9 heteroatoms. The van der Waals surface area contributed by atoms with E-state index in [9.17, 15) is 4.79 Å². The van der Waals surface area contributed by atoms with Crippen LogP contribution in [-0.2, 0) is 4.79 Å². The zero-order valence-corrected chi connectivity index (χ0v) is 18.6. The Morgan fingerprint density at radius 1 is 0.939 bits per heavy atom. The van der Waals surface area contributed by atoms with E-state index in [4.69, 9.17) is 18.3 Å². The van der Waals surface area contributed by atoms with Gasteiger partial charge in [0.15, 0.2) is 0 Å². The van der Waals surface area contributed by atoms with Gasteiger partial charge in [-0.05, 0) is 36.4 Å². The first-order valence-corrected chi connectivity index (χ1v) is 11.0. The third-order valence-electron chi connectivity index (χ3n) is 5.04. The average molecular weight is 461 g/mol. The number of carbonyl (C=O) groups excluding carboxylic acids is 1. The van der Waals surface area contributed by atoms with Crippen molar-refractivity contribution in [3.05, 3.63) is 60.7 Å². The molecule has 5 rings (SSSR count). The van der Waals surface area contributed by atoms with Crippen LogP contribution in [-0.4, -0.2) is 36.1 Å². The first-order valence-electron chi connectivity index (χ1n) is 10.0. The Morgan fingerprint density at radius 2 is 1.76 bits per heavy atom. The quantitative estimate of drug-likeness (QED) is 0.322. The number of aromatic nitrogens is 2. The molecule has 0 unspecified atom stereocenters. The monoisotopic (exact) mass is 461 g/mol. The molecule has 0 saturated carbocycles. The second-order valence-electron chi connectivity index (χ2n) is 7.09. The largest absolute Gasteiger partial charge is 0.497 e. The van der Waals surface area contributed by atoms with Gasteiger partial charge < -0.3 is 23.6 Å². The van der Waals surface area contributed by atoms with Gasteiger partial charge in [-0.3, -0.25) is 4.79 Å². The van der Waals surface area contributed by atoms with Gasteiger partial charge in [-0.2, -0.15) is 0 Å². The van der Waals surface area contributed by atoms with Gasteiger partial charge in [-0.1, -0.05) is 30.0 Å². The number of anilines is 1. The van der Waals surface area contributed by atoms with Crippen LogP contribution in [0.15, 0.2) is 74.7 Å². The normalized spacial score (nSPS) is 11.1. The minimum atomic E-state index is -0.238. The zero-order chi connectivity index (χ0) is 22.8. The van der Waals surface area contributed by atoms with Crippen LogP contribution < -0.4 is 14.8 Å². The van der Waals surface area contributed by atoms with Crippen molar-refractivity contribution < 1.29 is 23.1 Å². The maximum Gasteiger partial charge on any atom is 0.277 e. The summed E-state index contributed by atoms with van der Waals surface area (Å²) in [5, 5.41) is 13.1. The Labute approximate surface area is 192 Å². The number of benzene rings is 3. The fourth-order valence-electron chi connectivity index (χ4n) is 3.45. The summed E-state index contributed by atoms with van der Waals surface area (Å²) >= 11 is 1.15. The molecule has 0 aliphatic heterocycles. The second kappa shape index (κ2) is 8.87. The fraction of sp³-hybridized carbons (Fsp3) is 0.125. The second-order valence-corrected chi connectivity index (χ2v) is 8.01. The number of hydrogen-bond acceptors (Lipinski definition) is 8. The summed E-state index contributed by atoms with van der Waals surface area (Å²) in [6.45, 7) is 0. The number of hydrogen-bond donors (Lipinski definition) is 1. The van der Waals surface area contributed by atoms with E-state index in [1.807, 2.05) is 54.6 Å². The molecule has 33 heavy (non-hydrogen) atoms. The van der Waals surface area contributed by atoms with Crippen molar-refractivity contribution in [3.63, 3.8) is 0 Å². The average Bonchev–Trinajstić information content (AvgIpc) is 3.46. The lowest BCUT2D eigenvalue weighted by Gasteiger charge is -2.09. The molecule has 5 aromatic rings. The molecule has 0 aliphatic carbocycles. The predicted octanol–water partition coefficient (Wildman–Crippen LogP) is 5.38. The van der Waals surface area contributed by atoms with Gasteiger partial charge in [0, 0.05) is 22.4 Å². The summed E-state index contributed by atoms with van der Waals surface area (Å²) in [6.07, 6.45) is 0. The Morgan fingerprint density at radius 3 is 2.55 bits per heavy atom. The topological polar surface area (TPSA) is 99.6 Å². The van der Waals surface area contributed by atoms with Crippen molar-refractivity contribution in [2.45, 2.75) is 5.22 Å². The molecular formula is C24H19N3O5S. The number of amides is 1. The van der Waals surface area contributed by atoms with E-state index < -0.39 is 0 Å². The lowest BCUT2D eigenvalue weighted by atomic mass is 10.1. The highest BCUT2D eigenvalue weighted by atomic mass is 32.2. The van der Waals surface area contributed by atoms with Crippen molar-refractivity contribution in [1.82, 2.24) is 10.2 Å². The summed E-state index contributed by atoms with van der Waals surface area (Å²) in [5.41, 5.74) is 2.74. The summed E-state index contributed by atoms with van der Waals surface area (Å²) < 4.78 is 22.2. The van der Waals surface area contributed by atoms with E-state index in [1.54, 1.807) is 20.3 Å². The van der Waals surface area contributed by atoms with Crippen LogP contribution in [0, 0.1) is 0 Å². The molecule has 2 heterocycles. The summed E-state index contributed by atoms with van der Waals surface area (Å²) in [7, 11) is 3.17. The number of fused-ring (bicyclic) bond motifs is 3. The van der Waals surface area contributed by atoms with Crippen molar-refractivity contribution in [2.24, 2.45) is 0 Å². The fourth-order valence-corrected chi connectivity index (χ4v) is 4.01. The molecule has 0 spiro atoms. The molecule has 0 saturated heterocycles. The van der Waals surface area contributed by atoms with Gasteiger partial charge in [0.25, 0.3) is 5.22 Å². The van der Waals surface area contributed by atoms with Gasteiger partial charge in [-0.25, -0.2) is 0 Å². The summed E-state index contributed by atoms with van der Waals surface area (Å²) in [5.74, 6) is 1.51. The molecule has 1 amide bonds. The molecule has 3 aromatic carbocycles. The standard InChI is InChI=1S/C24H19N3O5S/c1-29-15-9-7-14(8-10-15)23-26-27-24(32-23)33-13-22(28)25-18-12-20-17(11-21(18)30-2)16-5-3-4-6-19(16)31-20/h3-12H,13H2,1-2H3,(H,25,28). The number of nitrogens with one attached hydrogen (secondary N) is 1. The predicted molar refractivity (Wildman–Crippen MR) is 126 cm³/mol. The highest BCUT2D eigenvalue weighted by Crippen LogP contribution is 2.36. The van der Waals surface area contributed by atoms with Crippen LogP contribution in [0.2, 0.25) is 0 Å². The SMILES string of the molecule is COc1ccc(-c2nnc(SCC(=O)Nc3cc4oc5ccccc5c4cc3OC)o2)cc1. The van der Waals surface area contributed by atoms with E-state index in [2.05, 4.69) is 15.5 Å². The number of ether oxygens (including phenoxy) is 2. The molecule has 0 radical (unpaired) electrons. The van der Waals surface area contributed by atoms with Crippen LogP contribution in [0.1, 0.15) is 0 Å². The Kier molecular flexibility index (Phi) is 5.62. The maximum atomic E-state index is 12.6. The van der Waals surface area contributed by atoms with Crippen LogP contribution in [0.3, 0.4) is 0 Å². The molecule has 0 aliphatic rings. The van der Waals surface area contributed by atoms with Gasteiger partial charge >= 0.3 is 0 Å². The molecule has 2 aromatic heterocycles. The van der Waals surface area contributed by atoms with Crippen molar-refractivity contribution >= 4 is 45.3 Å². The molecule has 1 N–H and O–H groups in total. The first-order chi connectivity index (χ1) is 16.1. The van der Waals surface area contributed by atoms with Crippen LogP contribution >= 0.6 is 11.8 Å². The number of para-hydroxylation sites is 1. The van der Waals surface area contributed by atoms with Crippen molar-refractivity contribution in [2.75, 3.05) is 25.3 Å². The maximum absolute atomic E-state index is 12.6. The van der Waals surface area contributed by atoms with E-state index in [0.717, 1.165) is 39.4 Å². The first kappa shape index (κ1) is 20.9. The zero-order valence-electron chi connectivity index (χ0n) is 17.8. The number of thioether (sulfide) groups is 1. The van der Waals surface area contributed by atoms with Gasteiger partial charge in [0.2, 0.25) is 11.8 Å². The minimum absolute atomic E-state index is 0.0889. The van der Waals surface area contributed by atoms with Gasteiger partial charge in [0.1, 0.15) is 22.7 Å². The molecular weight excluding hydrogens is 442 g/mol. The number of methoxy groups -OCH3 is 2. The number of furan rings is 1. The molecule has 166 valence electrons. The Bertz CT molecular complexity index is 1440. The Balaban J connectivity index is 1.28. The van der Waals surface area contributed by atoms with Crippen molar-refractivity contribution in [1.29, 1.82) is 0 Å². The number of carbonyl (C=O) groups is 1. The molecule has 0 atom stereocenters. The van der Waals surface area contributed by atoms with Crippen LogP contribution in [0.25, 0.3) is 33.4 Å². The third-order valence-corrected chi connectivity index (χ3v) is 5.86. The van der Waals surface area contributed by atoms with E-state index in [1.165, 1.54) is 0 Å².